The van der Waals surface area contributed by atoms with Crippen LogP contribution in [0.1, 0.15) is 34.1 Å². The number of hydrogen-bond acceptors (Lipinski definition) is 3. The predicted octanol–water partition coefficient (Wildman–Crippen LogP) is 2.45. The van der Waals surface area contributed by atoms with Crippen LogP contribution >= 0.6 is 11.8 Å². The fraction of sp³-hybridized carbons (Fsp3) is 1.00. The molecule has 2 nitrogen and oxygen atoms in total. The number of thioether (sulfide) groups is 1. The summed E-state index contributed by atoms with van der Waals surface area (Å²) in [6.45, 7) is 13.1. The van der Waals surface area contributed by atoms with E-state index in [0.717, 1.165) is 5.25 Å². The van der Waals surface area contributed by atoms with E-state index in [1.54, 1.807) is 0 Å². The zero-order chi connectivity index (χ0) is 12.2. The first-order valence-electron chi connectivity index (χ1n) is 6.44. The fourth-order valence-electron chi connectivity index (χ4n) is 2.42. The lowest BCUT2D eigenvalue weighted by atomic mass is 9.85. The molecule has 16 heavy (non-hydrogen) atoms. The van der Waals surface area contributed by atoms with Gasteiger partial charge in [-0.25, -0.2) is 0 Å². The molecular weight excluding hydrogens is 216 g/mol. The zero-order valence-corrected chi connectivity index (χ0v) is 12.4. The minimum Gasteiger partial charge on any atom is -0.316 e. The van der Waals surface area contributed by atoms with Gasteiger partial charge >= 0.3 is 0 Å². The highest BCUT2D eigenvalue weighted by molar-refractivity contribution is 7.99. The van der Waals surface area contributed by atoms with E-state index in [1.165, 1.54) is 31.8 Å². The van der Waals surface area contributed by atoms with E-state index in [1.807, 2.05) is 0 Å². The number of rotatable bonds is 4. The normalized spacial score (nSPS) is 25.7. The zero-order valence-electron chi connectivity index (χ0n) is 11.5. The van der Waals surface area contributed by atoms with Crippen molar-refractivity contribution in [1.82, 2.24) is 10.2 Å². The second-order valence-electron chi connectivity index (χ2n) is 5.98. The molecule has 1 fully saturated rings. The second-order valence-corrected chi connectivity index (χ2v) is 7.52. The first kappa shape index (κ1) is 14.3. The lowest BCUT2D eigenvalue weighted by Crippen LogP contribution is -2.43. The summed E-state index contributed by atoms with van der Waals surface area (Å²) in [5, 5.41) is 4.28. The van der Waals surface area contributed by atoms with Crippen LogP contribution in [0.5, 0.6) is 0 Å². The summed E-state index contributed by atoms with van der Waals surface area (Å²) in [5.74, 6) is 1.31. The summed E-state index contributed by atoms with van der Waals surface area (Å²) < 4.78 is 0. The summed E-state index contributed by atoms with van der Waals surface area (Å²) in [6, 6.07) is 0.623. The molecule has 0 saturated carbocycles. The van der Waals surface area contributed by atoms with Gasteiger partial charge in [0.1, 0.15) is 0 Å². The van der Waals surface area contributed by atoms with Crippen molar-refractivity contribution in [3.8, 4) is 0 Å². The van der Waals surface area contributed by atoms with Gasteiger partial charge in [0, 0.05) is 30.1 Å². The Morgan fingerprint density at radius 2 is 2.12 bits per heavy atom. The number of nitrogens with one attached hydrogen (secondary N) is 1. The van der Waals surface area contributed by atoms with E-state index in [0.29, 0.717) is 11.5 Å². The topological polar surface area (TPSA) is 15.3 Å². The van der Waals surface area contributed by atoms with E-state index < -0.39 is 0 Å². The summed E-state index contributed by atoms with van der Waals surface area (Å²) in [7, 11) is 2.09. The van der Waals surface area contributed by atoms with E-state index in [-0.39, 0.29) is 0 Å². The van der Waals surface area contributed by atoms with Crippen LogP contribution in [0, 0.1) is 5.41 Å². The van der Waals surface area contributed by atoms with Crippen molar-refractivity contribution in [3.05, 3.63) is 0 Å². The van der Waals surface area contributed by atoms with Crippen molar-refractivity contribution in [2.75, 3.05) is 32.4 Å². The molecule has 0 amide bonds. The molecule has 0 aliphatic carbocycles. The molecule has 2 unspecified atom stereocenters. The molecule has 1 aliphatic heterocycles. The third-order valence-corrected chi connectivity index (χ3v) is 4.59. The fourth-order valence-corrected chi connectivity index (χ4v) is 3.50. The highest BCUT2D eigenvalue weighted by atomic mass is 32.2. The van der Waals surface area contributed by atoms with Crippen molar-refractivity contribution in [2.24, 2.45) is 5.41 Å². The Morgan fingerprint density at radius 3 is 2.62 bits per heavy atom. The van der Waals surface area contributed by atoms with Gasteiger partial charge in [-0.1, -0.05) is 27.7 Å². The number of nitrogens with zero attached hydrogens (tertiary/aromatic N) is 1. The lowest BCUT2D eigenvalue weighted by molar-refractivity contribution is 0.215. The van der Waals surface area contributed by atoms with Crippen LogP contribution in [0.3, 0.4) is 0 Å². The van der Waals surface area contributed by atoms with E-state index >= 15 is 0 Å². The van der Waals surface area contributed by atoms with Gasteiger partial charge in [0.05, 0.1) is 0 Å². The van der Waals surface area contributed by atoms with Crippen molar-refractivity contribution in [1.29, 1.82) is 0 Å². The van der Waals surface area contributed by atoms with Gasteiger partial charge in [-0.3, -0.25) is 0 Å². The summed E-state index contributed by atoms with van der Waals surface area (Å²) in [5.41, 5.74) is 0.366. The Morgan fingerprint density at radius 1 is 1.44 bits per heavy atom. The minimum absolute atomic E-state index is 0.366. The predicted molar refractivity (Wildman–Crippen MR) is 75.3 cm³/mol. The monoisotopic (exact) mass is 244 g/mol. The van der Waals surface area contributed by atoms with Gasteiger partial charge < -0.3 is 10.2 Å². The van der Waals surface area contributed by atoms with Gasteiger partial charge in [0.2, 0.25) is 0 Å². The molecule has 3 heteroatoms. The van der Waals surface area contributed by atoms with Crippen LogP contribution in [0.15, 0.2) is 0 Å². The smallest absolute Gasteiger partial charge is 0.0147 e. The van der Waals surface area contributed by atoms with Gasteiger partial charge in [-0.15, -0.1) is 0 Å². The molecule has 0 aromatic heterocycles. The Kier molecular flexibility index (Phi) is 5.62. The minimum atomic E-state index is 0.366. The van der Waals surface area contributed by atoms with Crippen molar-refractivity contribution < 1.29 is 0 Å². The second kappa shape index (κ2) is 6.27. The quantitative estimate of drug-likeness (QED) is 0.818. The van der Waals surface area contributed by atoms with E-state index in [4.69, 9.17) is 0 Å². The van der Waals surface area contributed by atoms with Gasteiger partial charge in [-0.05, 0) is 25.4 Å². The Balaban J connectivity index is 2.32. The molecule has 1 heterocycles. The molecule has 0 aromatic carbocycles. The Hall–Kier alpha value is 0.270. The molecule has 0 spiro atoms. The third-order valence-electron chi connectivity index (χ3n) is 3.45. The summed E-state index contributed by atoms with van der Waals surface area (Å²) in [6.07, 6.45) is 1.26. The van der Waals surface area contributed by atoms with Crippen LogP contribution in [-0.2, 0) is 0 Å². The van der Waals surface area contributed by atoms with Crippen molar-refractivity contribution >= 4 is 11.8 Å². The maximum Gasteiger partial charge on any atom is 0.0147 e. The van der Waals surface area contributed by atoms with Gasteiger partial charge in [-0.2, -0.15) is 11.8 Å². The van der Waals surface area contributed by atoms with Crippen LogP contribution in [0.4, 0.5) is 0 Å². The summed E-state index contributed by atoms with van der Waals surface area (Å²) >= 11 is 2.11. The average Bonchev–Trinajstić information content (AvgIpc) is 2.16. The molecule has 96 valence electrons. The Labute approximate surface area is 106 Å². The Bertz CT molecular complexity index is 201. The molecule has 1 N–H and O–H groups in total. The van der Waals surface area contributed by atoms with E-state index in [2.05, 4.69) is 56.7 Å². The van der Waals surface area contributed by atoms with E-state index in [9.17, 15) is 0 Å². The average molecular weight is 244 g/mol. The van der Waals surface area contributed by atoms with Gasteiger partial charge in [0.25, 0.3) is 0 Å². The molecule has 1 rings (SSSR count). The van der Waals surface area contributed by atoms with Crippen LogP contribution in [0.2, 0.25) is 0 Å². The summed E-state index contributed by atoms with van der Waals surface area (Å²) in [4.78, 5) is 2.62. The molecule has 1 saturated heterocycles. The maximum absolute atomic E-state index is 3.46. The molecule has 2 atom stereocenters. The van der Waals surface area contributed by atoms with Gasteiger partial charge in [0.15, 0.2) is 0 Å². The molecule has 1 aliphatic rings. The lowest BCUT2D eigenvalue weighted by Gasteiger charge is -2.35. The standard InChI is InChI=1S/C13H28N2S/c1-11-10-15(8-9-16-11)7-6-12(14-5)13(2,3)4/h11-12,14H,6-10H2,1-5H3. The SMILES string of the molecule is CNC(CCN1CCSC(C)C1)C(C)(C)C. The van der Waals surface area contributed by atoms with Crippen LogP contribution in [-0.4, -0.2) is 48.6 Å². The van der Waals surface area contributed by atoms with Crippen LogP contribution < -0.4 is 5.32 Å². The molecule has 0 bridgehead atoms. The van der Waals surface area contributed by atoms with Crippen molar-refractivity contribution in [2.45, 2.75) is 45.4 Å². The molecule has 0 radical (unpaired) electrons. The maximum atomic E-state index is 3.46. The highest BCUT2D eigenvalue weighted by Crippen LogP contribution is 2.23. The molecular formula is C13H28N2S. The first-order chi connectivity index (χ1) is 7.43. The first-order valence-corrected chi connectivity index (χ1v) is 7.49. The largest absolute Gasteiger partial charge is 0.316 e. The van der Waals surface area contributed by atoms with Crippen molar-refractivity contribution in [3.63, 3.8) is 0 Å². The highest BCUT2D eigenvalue weighted by Gasteiger charge is 2.24. The molecule has 0 aromatic rings. The van der Waals surface area contributed by atoms with Crippen LogP contribution in [0.25, 0.3) is 0 Å². The number of hydrogen-bond donors (Lipinski definition) is 1. The third kappa shape index (κ3) is 4.64.